The third kappa shape index (κ3) is 2.53. The van der Waals surface area contributed by atoms with Gasteiger partial charge in [-0.3, -0.25) is 9.89 Å². The number of hydrogen-bond donors (Lipinski definition) is 3. The van der Waals surface area contributed by atoms with Crippen LogP contribution in [0.4, 0.5) is 0 Å². The van der Waals surface area contributed by atoms with Crippen LogP contribution in [-0.4, -0.2) is 38.3 Å². The fourth-order valence-electron chi connectivity index (χ4n) is 2.39. The minimum atomic E-state index is -0.209. The van der Waals surface area contributed by atoms with Crippen LogP contribution < -0.4 is 5.32 Å². The molecular weight excluding hydrogens is 232 g/mol. The molecule has 0 aliphatic heterocycles. The van der Waals surface area contributed by atoms with Gasteiger partial charge in [-0.15, -0.1) is 5.10 Å². The van der Waals surface area contributed by atoms with Gasteiger partial charge in [0.05, 0.1) is 6.10 Å². The van der Waals surface area contributed by atoms with Gasteiger partial charge in [0.15, 0.2) is 0 Å². The van der Waals surface area contributed by atoms with E-state index in [1.807, 2.05) is 0 Å². The van der Waals surface area contributed by atoms with Crippen molar-refractivity contribution in [1.29, 1.82) is 0 Å². The van der Waals surface area contributed by atoms with E-state index in [2.05, 4.69) is 20.5 Å². The van der Waals surface area contributed by atoms with Gasteiger partial charge in [-0.1, -0.05) is 0 Å². The number of aliphatic hydroxyl groups is 1. The first-order chi connectivity index (χ1) is 8.72. The molecule has 2 aliphatic carbocycles. The second kappa shape index (κ2) is 4.68. The van der Waals surface area contributed by atoms with Crippen molar-refractivity contribution >= 4 is 5.91 Å². The maximum atomic E-state index is 11.9. The number of nitrogens with one attached hydrogen (secondary N) is 2. The van der Waals surface area contributed by atoms with Crippen LogP contribution in [0.3, 0.4) is 0 Å². The van der Waals surface area contributed by atoms with Crippen molar-refractivity contribution in [3.05, 3.63) is 11.6 Å². The van der Waals surface area contributed by atoms with Crippen LogP contribution in [0.5, 0.6) is 0 Å². The summed E-state index contributed by atoms with van der Waals surface area (Å²) in [5.41, 5.74) is 0. The fraction of sp³-hybridized carbons (Fsp3) is 0.750. The Labute approximate surface area is 105 Å². The Balaban J connectivity index is 1.56. The van der Waals surface area contributed by atoms with E-state index >= 15 is 0 Å². The van der Waals surface area contributed by atoms with Gasteiger partial charge in [0.25, 0.3) is 5.91 Å². The van der Waals surface area contributed by atoms with Crippen LogP contribution in [0.25, 0.3) is 0 Å². The number of carbonyl (C=O) groups is 1. The van der Waals surface area contributed by atoms with Crippen molar-refractivity contribution in [3.63, 3.8) is 0 Å². The molecule has 98 valence electrons. The molecule has 0 aromatic carbocycles. The average molecular weight is 250 g/mol. The molecule has 0 radical (unpaired) electrons. The molecule has 1 heterocycles. The van der Waals surface area contributed by atoms with E-state index < -0.39 is 0 Å². The number of H-pyrrole nitrogens is 1. The molecule has 6 nitrogen and oxygen atoms in total. The van der Waals surface area contributed by atoms with E-state index in [0.29, 0.717) is 5.92 Å². The Hall–Kier alpha value is -1.43. The topological polar surface area (TPSA) is 90.9 Å². The number of aromatic amines is 1. The highest BCUT2D eigenvalue weighted by Gasteiger charge is 2.29. The lowest BCUT2D eigenvalue weighted by Gasteiger charge is -2.25. The van der Waals surface area contributed by atoms with Crippen LogP contribution in [0.15, 0.2) is 0 Å². The van der Waals surface area contributed by atoms with Crippen LogP contribution in [-0.2, 0) is 0 Å². The minimum Gasteiger partial charge on any atom is -0.393 e. The lowest BCUT2D eigenvalue weighted by molar-refractivity contribution is 0.0858. The van der Waals surface area contributed by atoms with Crippen molar-refractivity contribution in [2.45, 2.75) is 56.6 Å². The molecule has 1 aromatic heterocycles. The molecule has 0 saturated heterocycles. The molecule has 2 aliphatic rings. The molecular formula is C12H18N4O2. The van der Waals surface area contributed by atoms with Crippen molar-refractivity contribution in [1.82, 2.24) is 20.5 Å². The number of hydrogen-bond acceptors (Lipinski definition) is 4. The predicted octanol–water partition coefficient (Wildman–Crippen LogP) is 0.715. The molecule has 0 spiro atoms. The van der Waals surface area contributed by atoms with E-state index in [1.165, 1.54) is 0 Å². The third-order valence-corrected chi connectivity index (χ3v) is 3.70. The summed E-state index contributed by atoms with van der Waals surface area (Å²) in [4.78, 5) is 16.2. The van der Waals surface area contributed by atoms with Gasteiger partial charge >= 0.3 is 0 Å². The summed E-state index contributed by atoms with van der Waals surface area (Å²) in [6.07, 6.45) is 5.23. The summed E-state index contributed by atoms with van der Waals surface area (Å²) < 4.78 is 0. The average Bonchev–Trinajstić information content (AvgIpc) is 3.10. The number of aromatic nitrogens is 3. The lowest BCUT2D eigenvalue weighted by atomic mass is 9.93. The van der Waals surface area contributed by atoms with Gasteiger partial charge in [-0.05, 0) is 38.5 Å². The van der Waals surface area contributed by atoms with Crippen LogP contribution in [0, 0.1) is 0 Å². The van der Waals surface area contributed by atoms with Crippen LogP contribution in [0.2, 0.25) is 0 Å². The molecule has 6 heteroatoms. The zero-order valence-electron chi connectivity index (χ0n) is 10.2. The van der Waals surface area contributed by atoms with Crippen molar-refractivity contribution in [2.75, 3.05) is 0 Å². The van der Waals surface area contributed by atoms with Crippen molar-refractivity contribution in [3.8, 4) is 0 Å². The van der Waals surface area contributed by atoms with E-state index in [-0.39, 0.29) is 23.9 Å². The van der Waals surface area contributed by atoms with E-state index in [9.17, 15) is 9.90 Å². The number of nitrogens with zero attached hydrogens (tertiary/aromatic N) is 2. The highest BCUT2D eigenvalue weighted by molar-refractivity contribution is 5.90. The van der Waals surface area contributed by atoms with Crippen LogP contribution >= 0.6 is 0 Å². The van der Waals surface area contributed by atoms with Gasteiger partial charge in [-0.25, -0.2) is 4.98 Å². The highest BCUT2D eigenvalue weighted by Crippen LogP contribution is 2.37. The second-order valence-corrected chi connectivity index (χ2v) is 5.30. The Bertz CT molecular complexity index is 433. The number of carbonyl (C=O) groups excluding carboxylic acids is 1. The van der Waals surface area contributed by atoms with Gasteiger partial charge < -0.3 is 10.4 Å². The predicted molar refractivity (Wildman–Crippen MR) is 64.1 cm³/mol. The zero-order valence-corrected chi connectivity index (χ0v) is 10.2. The highest BCUT2D eigenvalue weighted by atomic mass is 16.3. The van der Waals surface area contributed by atoms with Crippen molar-refractivity contribution < 1.29 is 9.90 Å². The van der Waals surface area contributed by atoms with E-state index in [1.54, 1.807) is 0 Å². The Morgan fingerprint density at radius 1 is 1.22 bits per heavy atom. The quantitative estimate of drug-likeness (QED) is 0.737. The first-order valence-electron chi connectivity index (χ1n) is 6.63. The van der Waals surface area contributed by atoms with Gasteiger partial charge in [0.2, 0.25) is 5.82 Å². The summed E-state index contributed by atoms with van der Waals surface area (Å²) in [5.74, 6) is 1.34. The van der Waals surface area contributed by atoms with E-state index in [4.69, 9.17) is 0 Å². The van der Waals surface area contributed by atoms with Gasteiger partial charge in [-0.2, -0.15) is 0 Å². The van der Waals surface area contributed by atoms with Gasteiger partial charge in [0, 0.05) is 12.0 Å². The SMILES string of the molecule is O=C(NC1CCC(O)CC1)c1n[nH]c(C2CC2)n1. The number of rotatable bonds is 3. The first kappa shape index (κ1) is 11.6. The number of amides is 1. The van der Waals surface area contributed by atoms with Crippen molar-refractivity contribution in [2.24, 2.45) is 0 Å². The fourth-order valence-corrected chi connectivity index (χ4v) is 2.39. The summed E-state index contributed by atoms with van der Waals surface area (Å²) in [6.45, 7) is 0. The smallest absolute Gasteiger partial charge is 0.291 e. The van der Waals surface area contributed by atoms with E-state index in [0.717, 1.165) is 44.3 Å². The molecule has 0 unspecified atom stereocenters. The molecule has 1 amide bonds. The third-order valence-electron chi connectivity index (χ3n) is 3.70. The molecule has 3 rings (SSSR count). The first-order valence-corrected chi connectivity index (χ1v) is 6.63. The summed E-state index contributed by atoms with van der Waals surface area (Å²) >= 11 is 0. The second-order valence-electron chi connectivity index (χ2n) is 5.30. The number of aliphatic hydroxyl groups excluding tert-OH is 1. The molecule has 1 aromatic rings. The normalized spacial score (nSPS) is 28.1. The molecule has 0 atom stereocenters. The molecule has 0 bridgehead atoms. The molecule has 3 N–H and O–H groups in total. The maximum absolute atomic E-state index is 11.9. The Morgan fingerprint density at radius 2 is 1.94 bits per heavy atom. The Kier molecular flexibility index (Phi) is 3.03. The largest absolute Gasteiger partial charge is 0.393 e. The lowest BCUT2D eigenvalue weighted by Crippen LogP contribution is -2.39. The standard InChI is InChI=1S/C12H18N4O2/c17-9-5-3-8(4-6-9)13-12(18)11-14-10(15-16-11)7-1-2-7/h7-9,17H,1-6H2,(H,13,18)(H,14,15,16). The minimum absolute atomic E-state index is 0.142. The maximum Gasteiger partial charge on any atom is 0.291 e. The summed E-state index contributed by atoms with van der Waals surface area (Å²) in [7, 11) is 0. The molecule has 2 fully saturated rings. The Morgan fingerprint density at radius 3 is 2.61 bits per heavy atom. The summed E-state index contributed by atoms with van der Waals surface area (Å²) in [6, 6.07) is 0.142. The van der Waals surface area contributed by atoms with Crippen LogP contribution in [0.1, 0.15) is 60.9 Å². The summed E-state index contributed by atoms with van der Waals surface area (Å²) in [5, 5.41) is 19.1. The van der Waals surface area contributed by atoms with Gasteiger partial charge in [0.1, 0.15) is 5.82 Å². The molecule has 2 saturated carbocycles. The zero-order chi connectivity index (χ0) is 12.5. The molecule has 18 heavy (non-hydrogen) atoms. The monoisotopic (exact) mass is 250 g/mol.